The first-order valence-electron chi connectivity index (χ1n) is 7.15. The maximum absolute atomic E-state index is 12.1. The van der Waals surface area contributed by atoms with Crippen LogP contribution >= 0.6 is 12.3 Å². The van der Waals surface area contributed by atoms with Gasteiger partial charge in [-0.1, -0.05) is 13.8 Å². The number of carbonyl (C=O) groups is 1. The largest absolute Gasteiger partial charge is 0.691 e. The summed E-state index contributed by atoms with van der Waals surface area (Å²) < 4.78 is 35.1. The van der Waals surface area contributed by atoms with Gasteiger partial charge in [0.05, 0.1) is 6.61 Å². The van der Waals surface area contributed by atoms with Gasteiger partial charge in [0.2, 0.25) is 0 Å². The fourth-order valence-corrected chi connectivity index (χ4v) is 3.61. The van der Waals surface area contributed by atoms with Crippen molar-refractivity contribution >= 4 is 29.4 Å². The molecule has 6 atom stereocenters. The Morgan fingerprint density at radius 3 is 2.54 bits per heavy atom. The smallest absolute Gasteiger partial charge is 0.306 e. The molecule has 1 saturated heterocycles. The molecule has 0 aromatic carbocycles. The molecular formula is C11H18O13S2-2. The minimum Gasteiger partial charge on any atom is -0.691 e. The number of aliphatic hydroxyl groups excluding tert-OH is 2. The molecule has 0 aromatic rings. The number of aliphatic hydroxyl groups is 2. The van der Waals surface area contributed by atoms with Crippen LogP contribution in [0, 0.1) is 5.92 Å². The Balaban J connectivity index is 3.04. The standard InChI is InChI=1S/C11H20O13S2/c1-5(2)3-7(13)19-9-8(20-25-23-21-15)10(26(17)24-22-16)6(4-12)18-11(9)14/h5-6,8-12,14-16H,3-4H2,1-2H3/p-2/t6-,8+,9?,10-,11-,26?/m1/s1. The van der Waals surface area contributed by atoms with Crippen LogP contribution in [0.4, 0.5) is 0 Å². The van der Waals surface area contributed by atoms with Gasteiger partial charge >= 0.3 is 5.97 Å². The summed E-state index contributed by atoms with van der Waals surface area (Å²) in [5.41, 5.74) is 0. The van der Waals surface area contributed by atoms with Crippen LogP contribution in [0.25, 0.3) is 0 Å². The summed E-state index contributed by atoms with van der Waals surface area (Å²) in [6.07, 6.45) is -6.23. The minimum atomic E-state index is -2.57. The van der Waals surface area contributed by atoms with Gasteiger partial charge in [0.25, 0.3) is 0 Å². The van der Waals surface area contributed by atoms with Gasteiger partial charge in [-0.05, 0) is 5.92 Å². The number of ether oxygens (including phenoxy) is 2. The van der Waals surface area contributed by atoms with Crippen molar-refractivity contribution in [1.29, 1.82) is 0 Å². The van der Waals surface area contributed by atoms with E-state index in [0.29, 0.717) is 0 Å². The monoisotopic (exact) mass is 422 g/mol. The van der Waals surface area contributed by atoms with E-state index in [4.69, 9.17) is 13.7 Å². The second-order valence-electron chi connectivity index (χ2n) is 5.43. The van der Waals surface area contributed by atoms with E-state index in [9.17, 15) is 29.7 Å². The summed E-state index contributed by atoms with van der Waals surface area (Å²) in [6.45, 7) is 2.72. The fourth-order valence-electron chi connectivity index (χ4n) is 2.19. The zero-order valence-corrected chi connectivity index (χ0v) is 15.2. The van der Waals surface area contributed by atoms with Gasteiger partial charge in [-0.3, -0.25) is 19.1 Å². The number of hydrogen-bond acceptors (Lipinski definition) is 14. The van der Waals surface area contributed by atoms with Gasteiger partial charge in [-0.25, -0.2) is 4.21 Å². The van der Waals surface area contributed by atoms with Crippen LogP contribution in [0.1, 0.15) is 20.3 Å². The van der Waals surface area contributed by atoms with Gasteiger partial charge in [-0.2, -0.15) is 0 Å². The van der Waals surface area contributed by atoms with Gasteiger partial charge in [0, 0.05) is 6.42 Å². The molecule has 0 aliphatic carbocycles. The van der Waals surface area contributed by atoms with Crippen LogP contribution in [0.15, 0.2) is 0 Å². The first-order chi connectivity index (χ1) is 12.3. The van der Waals surface area contributed by atoms with Gasteiger partial charge in [-0.15, -0.1) is 8.67 Å². The minimum absolute atomic E-state index is 0.0133. The highest BCUT2D eigenvalue weighted by Gasteiger charge is 2.52. The van der Waals surface area contributed by atoms with Crippen molar-refractivity contribution in [3.63, 3.8) is 0 Å². The highest BCUT2D eigenvalue weighted by molar-refractivity contribution is 7.89. The molecule has 13 nitrogen and oxygen atoms in total. The topological polar surface area (TPSA) is 185 Å². The highest BCUT2D eigenvalue weighted by atomic mass is 32.2. The van der Waals surface area contributed by atoms with Crippen LogP contribution < -0.4 is 10.5 Å². The van der Waals surface area contributed by atoms with E-state index < -0.39 is 53.5 Å². The van der Waals surface area contributed by atoms with E-state index in [1.165, 1.54) is 0 Å². The van der Waals surface area contributed by atoms with E-state index in [1.54, 1.807) is 13.8 Å². The molecule has 154 valence electrons. The molecule has 1 rings (SSSR count). The maximum Gasteiger partial charge on any atom is 0.306 e. The summed E-state index contributed by atoms with van der Waals surface area (Å²) in [5.74, 6) is -0.803. The number of rotatable bonds is 11. The second-order valence-corrected chi connectivity index (χ2v) is 7.09. The molecule has 1 heterocycles. The zero-order chi connectivity index (χ0) is 19.7. The fraction of sp³-hybridized carbons (Fsp3) is 0.909. The molecule has 15 heteroatoms. The summed E-state index contributed by atoms with van der Waals surface area (Å²) in [5, 5.41) is 44.1. The van der Waals surface area contributed by atoms with E-state index in [1.807, 2.05) is 0 Å². The van der Waals surface area contributed by atoms with Crippen molar-refractivity contribution in [2.24, 2.45) is 5.92 Å². The molecule has 0 saturated carbocycles. The third-order valence-corrected chi connectivity index (χ3v) is 4.77. The summed E-state index contributed by atoms with van der Waals surface area (Å²) in [6, 6.07) is 0. The third kappa shape index (κ3) is 6.95. The molecular weight excluding hydrogens is 404 g/mol. The molecule has 0 spiro atoms. The van der Waals surface area contributed by atoms with Crippen molar-refractivity contribution < 1.29 is 62.1 Å². The Labute approximate surface area is 154 Å². The van der Waals surface area contributed by atoms with Gasteiger partial charge in [0.15, 0.2) is 35.8 Å². The predicted molar refractivity (Wildman–Crippen MR) is 76.0 cm³/mol. The molecule has 26 heavy (non-hydrogen) atoms. The molecule has 0 amide bonds. The lowest BCUT2D eigenvalue weighted by Gasteiger charge is -2.41. The molecule has 1 fully saturated rings. The average Bonchev–Trinajstić information content (AvgIpc) is 2.56. The average molecular weight is 422 g/mol. The van der Waals surface area contributed by atoms with Crippen molar-refractivity contribution in [3.8, 4) is 0 Å². The van der Waals surface area contributed by atoms with E-state index in [-0.39, 0.29) is 24.7 Å². The van der Waals surface area contributed by atoms with Crippen molar-refractivity contribution in [1.82, 2.24) is 0 Å². The summed E-state index contributed by atoms with van der Waals surface area (Å²) in [4.78, 5) is 11.9. The van der Waals surface area contributed by atoms with Gasteiger partial charge in [0.1, 0.15) is 17.5 Å². The SMILES string of the molecule is CC(C)CC(=O)OC1[C@H](O)O[C@H](CO)[C@@H](S(=O)OO[O-])[C@H]1OSOO[O-]. The lowest BCUT2D eigenvalue weighted by Crippen LogP contribution is -2.61. The van der Waals surface area contributed by atoms with E-state index in [0.717, 1.165) is 0 Å². The normalized spacial score (nSPS) is 30.3. The highest BCUT2D eigenvalue weighted by Crippen LogP contribution is 2.31. The van der Waals surface area contributed by atoms with Crippen LogP contribution in [0.3, 0.4) is 0 Å². The Morgan fingerprint density at radius 1 is 1.31 bits per heavy atom. The zero-order valence-electron chi connectivity index (χ0n) is 13.6. The number of hydrogen-bond donors (Lipinski definition) is 2. The third-order valence-electron chi connectivity index (χ3n) is 3.15. The lowest BCUT2D eigenvalue weighted by molar-refractivity contribution is -0.778. The molecule has 0 bridgehead atoms. The molecule has 2 N–H and O–H groups in total. The Kier molecular flexibility index (Phi) is 11.0. The Bertz CT molecular complexity index is 450. The van der Waals surface area contributed by atoms with Crippen molar-refractivity contribution in [2.45, 2.75) is 50.1 Å². The molecule has 1 aliphatic rings. The van der Waals surface area contributed by atoms with E-state index in [2.05, 4.69) is 18.7 Å². The molecule has 0 aromatic heterocycles. The van der Waals surface area contributed by atoms with Crippen LogP contribution in [-0.4, -0.2) is 56.9 Å². The maximum atomic E-state index is 12.1. The van der Waals surface area contributed by atoms with Crippen LogP contribution in [0.5, 0.6) is 0 Å². The summed E-state index contributed by atoms with van der Waals surface area (Å²) in [7, 11) is 0. The Hall–Kier alpha value is -0.430. The molecule has 0 radical (unpaired) electrons. The first-order valence-corrected chi connectivity index (χ1v) is 8.96. The summed E-state index contributed by atoms with van der Waals surface area (Å²) >= 11 is -2.59. The number of esters is 1. The second kappa shape index (κ2) is 12.1. The predicted octanol–water partition coefficient (Wildman–Crippen LogP) is -2.92. The number of carbonyl (C=O) groups excluding carboxylic acids is 1. The van der Waals surface area contributed by atoms with E-state index >= 15 is 0 Å². The quantitative estimate of drug-likeness (QED) is 0.113. The van der Waals surface area contributed by atoms with Crippen LogP contribution in [-0.2, 0) is 48.3 Å². The van der Waals surface area contributed by atoms with Crippen molar-refractivity contribution in [3.05, 3.63) is 0 Å². The Morgan fingerprint density at radius 2 is 2.00 bits per heavy atom. The molecule has 1 aliphatic heterocycles. The first kappa shape index (κ1) is 23.6. The van der Waals surface area contributed by atoms with Gasteiger partial charge < -0.3 is 30.2 Å². The van der Waals surface area contributed by atoms with Crippen molar-refractivity contribution in [2.75, 3.05) is 6.61 Å². The lowest BCUT2D eigenvalue weighted by atomic mass is 10.0. The molecule has 2 unspecified atom stereocenters. The van der Waals surface area contributed by atoms with Crippen LogP contribution in [0.2, 0.25) is 0 Å².